The van der Waals surface area contributed by atoms with Gasteiger partial charge in [-0.3, -0.25) is 4.98 Å². The summed E-state index contributed by atoms with van der Waals surface area (Å²) in [5.74, 6) is 1.15. The highest BCUT2D eigenvalue weighted by atomic mass is 35.5. The van der Waals surface area contributed by atoms with E-state index >= 15 is 0 Å². The van der Waals surface area contributed by atoms with Gasteiger partial charge in [0.1, 0.15) is 11.4 Å². The highest BCUT2D eigenvalue weighted by Crippen LogP contribution is 2.44. The Hall–Kier alpha value is -2.73. The minimum atomic E-state index is 0.0779. The van der Waals surface area contributed by atoms with Gasteiger partial charge in [-0.15, -0.1) is 0 Å². The Balaban J connectivity index is 1.73. The van der Waals surface area contributed by atoms with Crippen LogP contribution < -0.4 is 10.6 Å². The lowest BCUT2D eigenvalue weighted by Gasteiger charge is -2.24. The highest BCUT2D eigenvalue weighted by molar-refractivity contribution is 6.28. The third-order valence-electron chi connectivity index (χ3n) is 5.41. The first kappa shape index (κ1) is 19.6. The number of rotatable bonds is 8. The summed E-state index contributed by atoms with van der Waals surface area (Å²) in [6.45, 7) is 4.21. The van der Waals surface area contributed by atoms with Crippen molar-refractivity contribution in [2.75, 3.05) is 10.6 Å². The molecule has 6 nitrogen and oxygen atoms in total. The molecule has 7 heteroatoms. The number of aromatic nitrogens is 3. The normalized spacial score (nSPS) is 15.7. The van der Waals surface area contributed by atoms with Crippen molar-refractivity contribution in [2.45, 2.75) is 45.2 Å². The average Bonchev–Trinajstić information content (AvgIpc) is 3.58. The predicted molar refractivity (Wildman–Crippen MR) is 119 cm³/mol. The van der Waals surface area contributed by atoms with Crippen LogP contribution in [0.15, 0.2) is 36.5 Å². The molecule has 1 aliphatic rings. The van der Waals surface area contributed by atoms with Crippen molar-refractivity contribution in [3.8, 4) is 0 Å². The number of benzene rings is 1. The maximum atomic E-state index is 7.76. The summed E-state index contributed by atoms with van der Waals surface area (Å²) < 4.78 is 0. The van der Waals surface area contributed by atoms with Gasteiger partial charge in [-0.2, -0.15) is 4.98 Å². The van der Waals surface area contributed by atoms with Crippen LogP contribution in [0.25, 0.3) is 10.9 Å². The lowest BCUT2D eigenvalue weighted by Crippen LogP contribution is -2.21. The van der Waals surface area contributed by atoms with E-state index in [1.165, 1.54) is 6.21 Å². The summed E-state index contributed by atoms with van der Waals surface area (Å²) >= 11 is 6.17. The van der Waals surface area contributed by atoms with Gasteiger partial charge in [-0.25, -0.2) is 4.98 Å². The van der Waals surface area contributed by atoms with E-state index in [4.69, 9.17) is 17.0 Å². The van der Waals surface area contributed by atoms with Crippen LogP contribution in [-0.4, -0.2) is 27.2 Å². The Morgan fingerprint density at radius 3 is 2.76 bits per heavy atom. The average molecular weight is 409 g/mol. The zero-order valence-corrected chi connectivity index (χ0v) is 17.4. The largest absolute Gasteiger partial charge is 0.378 e. The van der Waals surface area contributed by atoms with E-state index in [0.717, 1.165) is 41.4 Å². The van der Waals surface area contributed by atoms with Crippen molar-refractivity contribution in [1.29, 1.82) is 5.41 Å². The quantitative estimate of drug-likeness (QED) is 0.341. The van der Waals surface area contributed by atoms with Crippen LogP contribution in [0.4, 0.5) is 11.5 Å². The number of hydrogen-bond acceptors (Lipinski definition) is 6. The number of anilines is 2. The number of nitrogens with zero attached hydrogens (tertiary/aromatic N) is 3. The molecule has 0 bridgehead atoms. The maximum absolute atomic E-state index is 7.76. The lowest BCUT2D eigenvalue weighted by atomic mass is 10.0. The highest BCUT2D eigenvalue weighted by Gasteiger charge is 2.34. The first-order valence-electron chi connectivity index (χ1n) is 10.0. The van der Waals surface area contributed by atoms with Gasteiger partial charge in [-0.05, 0) is 61.4 Å². The monoisotopic (exact) mass is 408 g/mol. The summed E-state index contributed by atoms with van der Waals surface area (Å²) in [5.41, 5.74) is 3.32. The molecule has 0 aliphatic heterocycles. The Labute approximate surface area is 175 Å². The SMILES string of the molecule is CCC(C)Nc1c(C=N)nc(Cl)nc1NC(c1cnc2ccccc2c1)C1CC1. The molecule has 3 N–H and O–H groups in total. The molecule has 4 rings (SSSR count). The van der Waals surface area contributed by atoms with Gasteiger partial charge in [0.05, 0.1) is 11.6 Å². The zero-order valence-electron chi connectivity index (χ0n) is 16.6. The first-order valence-corrected chi connectivity index (χ1v) is 10.4. The van der Waals surface area contributed by atoms with Gasteiger partial charge in [-0.1, -0.05) is 25.1 Å². The summed E-state index contributed by atoms with van der Waals surface area (Å²) in [7, 11) is 0. The molecule has 3 aromatic rings. The molecule has 2 atom stereocenters. The van der Waals surface area contributed by atoms with Gasteiger partial charge in [0, 0.05) is 23.8 Å². The minimum absolute atomic E-state index is 0.0779. The molecule has 0 amide bonds. The summed E-state index contributed by atoms with van der Waals surface area (Å²) in [6, 6.07) is 10.6. The van der Waals surface area contributed by atoms with E-state index in [0.29, 0.717) is 17.4 Å². The smallest absolute Gasteiger partial charge is 0.225 e. The predicted octanol–water partition coefficient (Wildman–Crippen LogP) is 5.45. The molecule has 0 spiro atoms. The summed E-state index contributed by atoms with van der Waals surface area (Å²) in [5, 5.41) is 16.0. The van der Waals surface area contributed by atoms with Gasteiger partial charge in [0.25, 0.3) is 0 Å². The molecule has 0 radical (unpaired) electrons. The molecule has 1 fully saturated rings. The third-order valence-corrected chi connectivity index (χ3v) is 5.57. The van der Waals surface area contributed by atoms with Crippen molar-refractivity contribution < 1.29 is 0 Å². The second-order valence-corrected chi connectivity index (χ2v) is 7.96. The second kappa shape index (κ2) is 8.33. The Kier molecular flexibility index (Phi) is 5.62. The molecule has 150 valence electrons. The van der Waals surface area contributed by atoms with Crippen LogP contribution >= 0.6 is 11.6 Å². The standard InChI is InChI=1S/C22H25ClN6/c1-3-13(2)26-20-18(11-24)27-22(23)29-21(20)28-19(14-8-9-14)16-10-15-6-4-5-7-17(15)25-12-16/h4-7,10-14,19,24,26H,3,8-9H2,1-2H3,(H,27,28,29). The molecular formula is C22H25ClN6. The number of nitrogens with one attached hydrogen (secondary N) is 3. The topological polar surface area (TPSA) is 86.6 Å². The summed E-state index contributed by atoms with van der Waals surface area (Å²) in [6.07, 6.45) is 6.43. The molecule has 1 aromatic carbocycles. The number of hydrogen-bond donors (Lipinski definition) is 3. The van der Waals surface area contributed by atoms with E-state index in [1.807, 2.05) is 24.4 Å². The van der Waals surface area contributed by atoms with Gasteiger partial charge >= 0.3 is 0 Å². The summed E-state index contributed by atoms with van der Waals surface area (Å²) in [4.78, 5) is 13.3. The molecule has 29 heavy (non-hydrogen) atoms. The van der Waals surface area contributed by atoms with E-state index in [9.17, 15) is 0 Å². The van der Waals surface area contributed by atoms with Gasteiger partial charge in [0.15, 0.2) is 5.82 Å². The number of halogens is 1. The van der Waals surface area contributed by atoms with E-state index in [-0.39, 0.29) is 17.4 Å². The molecule has 2 heterocycles. The van der Waals surface area contributed by atoms with Crippen molar-refractivity contribution in [1.82, 2.24) is 15.0 Å². The minimum Gasteiger partial charge on any atom is -0.378 e. The molecule has 1 saturated carbocycles. The van der Waals surface area contributed by atoms with Gasteiger partial charge in [0.2, 0.25) is 5.28 Å². The number of fused-ring (bicyclic) bond motifs is 1. The van der Waals surface area contributed by atoms with Crippen molar-refractivity contribution in [2.24, 2.45) is 5.92 Å². The second-order valence-electron chi connectivity index (χ2n) is 7.62. The van der Waals surface area contributed by atoms with Crippen LogP contribution in [0, 0.1) is 11.3 Å². The Bertz CT molecular complexity index is 1030. The first-order chi connectivity index (χ1) is 14.1. The Morgan fingerprint density at radius 1 is 1.24 bits per heavy atom. The lowest BCUT2D eigenvalue weighted by molar-refractivity contribution is 0.673. The molecule has 2 aromatic heterocycles. The van der Waals surface area contributed by atoms with Crippen LogP contribution in [0.3, 0.4) is 0 Å². The third kappa shape index (κ3) is 4.32. The molecule has 1 aliphatic carbocycles. The van der Waals surface area contributed by atoms with Crippen LogP contribution in [-0.2, 0) is 0 Å². The number of para-hydroxylation sites is 1. The van der Waals surface area contributed by atoms with Crippen LogP contribution in [0.1, 0.15) is 50.4 Å². The van der Waals surface area contributed by atoms with E-state index in [1.54, 1.807) is 0 Å². The zero-order chi connectivity index (χ0) is 20.4. The fourth-order valence-electron chi connectivity index (χ4n) is 3.46. The molecule has 0 saturated heterocycles. The van der Waals surface area contributed by atoms with E-state index < -0.39 is 0 Å². The molecule has 2 unspecified atom stereocenters. The van der Waals surface area contributed by atoms with E-state index in [2.05, 4.69) is 51.6 Å². The van der Waals surface area contributed by atoms with Crippen LogP contribution in [0.5, 0.6) is 0 Å². The maximum Gasteiger partial charge on any atom is 0.225 e. The number of pyridine rings is 1. The van der Waals surface area contributed by atoms with Crippen LogP contribution in [0.2, 0.25) is 5.28 Å². The van der Waals surface area contributed by atoms with Gasteiger partial charge < -0.3 is 16.0 Å². The fraction of sp³-hybridized carbons (Fsp3) is 0.364. The molecular weight excluding hydrogens is 384 g/mol. The van der Waals surface area contributed by atoms with Crippen molar-refractivity contribution >= 4 is 40.2 Å². The fourth-order valence-corrected chi connectivity index (χ4v) is 3.63. The van der Waals surface area contributed by atoms with Crippen molar-refractivity contribution in [3.05, 3.63) is 53.1 Å². The Morgan fingerprint density at radius 2 is 2.03 bits per heavy atom. The van der Waals surface area contributed by atoms with Crippen molar-refractivity contribution in [3.63, 3.8) is 0 Å².